The molecule has 8 nitrogen and oxygen atoms in total. The smallest absolute Gasteiger partial charge is 0.243 e. The van der Waals surface area contributed by atoms with Crippen molar-refractivity contribution in [2.24, 2.45) is 5.92 Å². The third-order valence-corrected chi connectivity index (χ3v) is 8.06. The number of hydrogen-bond donors (Lipinski definition) is 0. The van der Waals surface area contributed by atoms with Crippen LogP contribution in [-0.4, -0.2) is 69.3 Å². The predicted octanol–water partition coefficient (Wildman–Crippen LogP) is 2.23. The molecular weight excluding hydrogens is 454 g/mol. The molecule has 0 radical (unpaired) electrons. The summed E-state index contributed by atoms with van der Waals surface area (Å²) in [6, 6.07) is 13.3. The van der Waals surface area contributed by atoms with Gasteiger partial charge in [0.1, 0.15) is 5.75 Å². The van der Waals surface area contributed by atoms with E-state index in [2.05, 4.69) is 0 Å². The first kappa shape index (κ1) is 22.6. The lowest BCUT2D eigenvalue weighted by Gasteiger charge is -2.35. The number of piperazine rings is 1. The first-order chi connectivity index (χ1) is 15.3. The van der Waals surface area contributed by atoms with Gasteiger partial charge in [-0.1, -0.05) is 29.8 Å². The maximum absolute atomic E-state index is 13.0. The number of hydrogen-bond acceptors (Lipinski definition) is 5. The number of amides is 2. The molecule has 2 heterocycles. The van der Waals surface area contributed by atoms with Crippen molar-refractivity contribution in [3.05, 3.63) is 53.6 Å². The molecule has 0 N–H and O–H groups in total. The fourth-order valence-corrected chi connectivity index (χ4v) is 5.79. The lowest BCUT2D eigenvalue weighted by Crippen LogP contribution is -2.52. The summed E-state index contributed by atoms with van der Waals surface area (Å²) in [5, 5.41) is 0.392. The van der Waals surface area contributed by atoms with Gasteiger partial charge in [0.15, 0.2) is 0 Å². The Bertz CT molecular complexity index is 1120. The van der Waals surface area contributed by atoms with E-state index in [1.807, 2.05) is 0 Å². The van der Waals surface area contributed by atoms with Crippen LogP contribution in [0.2, 0.25) is 5.02 Å². The molecule has 0 saturated carbocycles. The van der Waals surface area contributed by atoms with Crippen LogP contribution in [0.4, 0.5) is 5.69 Å². The second-order valence-corrected chi connectivity index (χ2v) is 10.1. The highest BCUT2D eigenvalue weighted by atomic mass is 35.5. The summed E-state index contributed by atoms with van der Waals surface area (Å²) in [5.41, 5.74) is 0.620. The van der Waals surface area contributed by atoms with Crippen LogP contribution in [0, 0.1) is 5.92 Å². The molecule has 2 aromatic carbocycles. The largest absolute Gasteiger partial charge is 0.495 e. The number of sulfonamides is 1. The van der Waals surface area contributed by atoms with E-state index in [1.165, 1.54) is 11.4 Å². The monoisotopic (exact) mass is 477 g/mol. The Kier molecular flexibility index (Phi) is 6.41. The van der Waals surface area contributed by atoms with Crippen LogP contribution in [0.3, 0.4) is 0 Å². The van der Waals surface area contributed by atoms with Gasteiger partial charge in [0.2, 0.25) is 21.8 Å². The molecule has 0 aliphatic carbocycles. The third kappa shape index (κ3) is 4.32. The van der Waals surface area contributed by atoms with Crippen molar-refractivity contribution in [3.8, 4) is 5.75 Å². The minimum Gasteiger partial charge on any atom is -0.495 e. The molecule has 2 aromatic rings. The van der Waals surface area contributed by atoms with E-state index in [4.69, 9.17) is 16.3 Å². The summed E-state index contributed by atoms with van der Waals surface area (Å²) in [7, 11) is -2.07. The Labute approximate surface area is 192 Å². The zero-order valence-electron chi connectivity index (χ0n) is 17.6. The van der Waals surface area contributed by atoms with E-state index in [1.54, 1.807) is 58.3 Å². The second-order valence-electron chi connectivity index (χ2n) is 7.77. The van der Waals surface area contributed by atoms with Crippen LogP contribution in [-0.2, 0) is 19.6 Å². The van der Waals surface area contributed by atoms with Gasteiger partial charge in [-0.15, -0.1) is 0 Å². The van der Waals surface area contributed by atoms with Gasteiger partial charge in [0, 0.05) is 44.8 Å². The predicted molar refractivity (Wildman–Crippen MR) is 120 cm³/mol. The van der Waals surface area contributed by atoms with E-state index in [0.29, 0.717) is 29.5 Å². The molecular formula is C22H24ClN3O5S. The number of nitrogens with zero attached hydrogens (tertiary/aromatic N) is 3. The van der Waals surface area contributed by atoms with E-state index in [-0.39, 0.29) is 42.8 Å². The number of rotatable bonds is 5. The van der Waals surface area contributed by atoms with Crippen LogP contribution in [0.15, 0.2) is 53.4 Å². The summed E-state index contributed by atoms with van der Waals surface area (Å²) in [6.07, 6.45) is 0.116. The van der Waals surface area contributed by atoms with Crippen molar-refractivity contribution in [1.29, 1.82) is 0 Å². The number of anilines is 1. The molecule has 1 unspecified atom stereocenters. The summed E-state index contributed by atoms with van der Waals surface area (Å²) in [4.78, 5) is 29.1. The first-order valence-corrected chi connectivity index (χ1v) is 12.1. The van der Waals surface area contributed by atoms with Gasteiger partial charge in [-0.3, -0.25) is 9.59 Å². The Morgan fingerprint density at radius 3 is 2.38 bits per heavy atom. The van der Waals surface area contributed by atoms with E-state index < -0.39 is 15.9 Å². The summed E-state index contributed by atoms with van der Waals surface area (Å²) < 4.78 is 32.1. The normalized spacial score (nSPS) is 19.9. The Morgan fingerprint density at radius 1 is 1.06 bits per heavy atom. The molecule has 0 spiro atoms. The van der Waals surface area contributed by atoms with E-state index in [0.717, 1.165) is 0 Å². The first-order valence-electron chi connectivity index (χ1n) is 10.3. The summed E-state index contributed by atoms with van der Waals surface area (Å²) in [5.74, 6) is -0.231. The lowest BCUT2D eigenvalue weighted by molar-refractivity contribution is -0.136. The number of carbonyl (C=O) groups is 2. The molecule has 1 atom stereocenters. The highest BCUT2D eigenvalue weighted by Gasteiger charge is 2.39. The molecule has 32 heavy (non-hydrogen) atoms. The van der Waals surface area contributed by atoms with Crippen LogP contribution in [0.1, 0.15) is 6.42 Å². The van der Waals surface area contributed by atoms with Gasteiger partial charge in [-0.25, -0.2) is 8.42 Å². The fraction of sp³-hybridized carbons (Fsp3) is 0.364. The minimum absolute atomic E-state index is 0.116. The second kappa shape index (κ2) is 9.09. The molecule has 0 aromatic heterocycles. The topological polar surface area (TPSA) is 87.2 Å². The highest BCUT2D eigenvalue weighted by Crippen LogP contribution is 2.33. The highest BCUT2D eigenvalue weighted by molar-refractivity contribution is 7.89. The quantitative estimate of drug-likeness (QED) is 0.659. The number of carbonyl (C=O) groups excluding carboxylic acids is 2. The number of methoxy groups -OCH3 is 1. The van der Waals surface area contributed by atoms with Crippen LogP contribution >= 0.6 is 11.6 Å². The van der Waals surface area contributed by atoms with Gasteiger partial charge in [-0.05, 0) is 30.3 Å². The zero-order chi connectivity index (χ0) is 22.9. The average molecular weight is 478 g/mol. The van der Waals surface area contributed by atoms with Crippen molar-refractivity contribution < 1.29 is 22.7 Å². The number of halogens is 1. The standard InChI is InChI=1S/C22H24ClN3O5S/c1-31-20-8-7-17(14-19(20)23)26-15-16(13-21(26)27)22(28)24-9-11-25(12-10-24)32(29,30)18-5-3-2-4-6-18/h2-8,14,16H,9-13,15H2,1H3. The van der Waals surface area contributed by atoms with Crippen molar-refractivity contribution in [3.63, 3.8) is 0 Å². The van der Waals surface area contributed by atoms with Gasteiger partial charge < -0.3 is 14.5 Å². The van der Waals surface area contributed by atoms with E-state index >= 15 is 0 Å². The van der Waals surface area contributed by atoms with Crippen LogP contribution < -0.4 is 9.64 Å². The SMILES string of the molecule is COc1ccc(N2CC(C(=O)N3CCN(S(=O)(=O)c4ccccc4)CC3)CC2=O)cc1Cl. The molecule has 2 saturated heterocycles. The molecule has 2 fully saturated rings. The van der Waals surface area contributed by atoms with Gasteiger partial charge in [0.25, 0.3) is 0 Å². The molecule has 2 aliphatic heterocycles. The number of benzene rings is 2. The Balaban J connectivity index is 1.39. The molecule has 2 aliphatic rings. The van der Waals surface area contributed by atoms with Crippen LogP contribution in [0.25, 0.3) is 0 Å². The van der Waals surface area contributed by atoms with Crippen molar-refractivity contribution >= 4 is 39.1 Å². The van der Waals surface area contributed by atoms with Crippen molar-refractivity contribution in [1.82, 2.24) is 9.21 Å². The van der Waals surface area contributed by atoms with Crippen molar-refractivity contribution in [2.45, 2.75) is 11.3 Å². The Morgan fingerprint density at radius 2 is 1.75 bits per heavy atom. The summed E-state index contributed by atoms with van der Waals surface area (Å²) in [6.45, 7) is 1.31. The average Bonchev–Trinajstić information content (AvgIpc) is 3.20. The molecule has 10 heteroatoms. The number of ether oxygens (including phenoxy) is 1. The van der Waals surface area contributed by atoms with Gasteiger partial charge in [0.05, 0.1) is 22.9 Å². The van der Waals surface area contributed by atoms with E-state index in [9.17, 15) is 18.0 Å². The molecule has 2 amide bonds. The summed E-state index contributed by atoms with van der Waals surface area (Å²) >= 11 is 6.18. The van der Waals surface area contributed by atoms with Gasteiger partial charge >= 0.3 is 0 Å². The molecule has 4 rings (SSSR count). The maximum atomic E-state index is 13.0. The zero-order valence-corrected chi connectivity index (χ0v) is 19.2. The fourth-order valence-electron chi connectivity index (χ4n) is 4.09. The molecule has 0 bridgehead atoms. The minimum atomic E-state index is -3.58. The van der Waals surface area contributed by atoms with Gasteiger partial charge in [-0.2, -0.15) is 4.31 Å². The Hall–Kier alpha value is -2.62. The molecule has 170 valence electrons. The lowest BCUT2D eigenvalue weighted by atomic mass is 10.1. The third-order valence-electron chi connectivity index (χ3n) is 5.85. The van der Waals surface area contributed by atoms with Crippen LogP contribution in [0.5, 0.6) is 5.75 Å². The van der Waals surface area contributed by atoms with Crippen molar-refractivity contribution in [2.75, 3.05) is 44.7 Å². The maximum Gasteiger partial charge on any atom is 0.243 e.